The summed E-state index contributed by atoms with van der Waals surface area (Å²) < 4.78 is 21.3. The fourth-order valence-corrected chi connectivity index (χ4v) is 3.03. The van der Waals surface area contributed by atoms with E-state index in [1.807, 2.05) is 30.3 Å². The first-order valence-electron chi connectivity index (χ1n) is 9.63. The van der Waals surface area contributed by atoms with Gasteiger partial charge in [-0.2, -0.15) is 0 Å². The van der Waals surface area contributed by atoms with Crippen LogP contribution in [0, 0.1) is 0 Å². The number of nitrogen functional groups attached to an aromatic ring is 1. The lowest BCUT2D eigenvalue weighted by Crippen LogP contribution is -2.11. The second kappa shape index (κ2) is 10.2. The van der Waals surface area contributed by atoms with E-state index in [4.69, 9.17) is 24.7 Å². The van der Waals surface area contributed by atoms with Crippen molar-refractivity contribution in [2.75, 3.05) is 51.4 Å². The van der Waals surface area contributed by atoms with Crippen LogP contribution in [0.3, 0.4) is 0 Å². The summed E-state index contributed by atoms with van der Waals surface area (Å²) >= 11 is 0. The summed E-state index contributed by atoms with van der Waals surface area (Å²) in [5.41, 5.74) is 8.51. The van der Waals surface area contributed by atoms with E-state index < -0.39 is 0 Å². The molecular weight excluding hydrogens is 398 g/mol. The number of ether oxygens (including phenoxy) is 4. The highest BCUT2D eigenvalue weighted by atomic mass is 16.5. The van der Waals surface area contributed by atoms with E-state index >= 15 is 0 Å². The molecule has 31 heavy (non-hydrogen) atoms. The van der Waals surface area contributed by atoms with Gasteiger partial charge in [0.2, 0.25) is 0 Å². The SMILES string of the molecule is COc1ccc(Nc2ncnc(NCCc3ccc(OC)c(OC)c3)c2N)c(OC)c1. The molecule has 0 unspecified atom stereocenters. The van der Waals surface area contributed by atoms with Gasteiger partial charge >= 0.3 is 0 Å². The maximum Gasteiger partial charge on any atom is 0.160 e. The number of aromatic nitrogens is 2. The first-order chi connectivity index (χ1) is 15.1. The van der Waals surface area contributed by atoms with Crippen molar-refractivity contribution in [3.63, 3.8) is 0 Å². The molecule has 1 heterocycles. The number of hydrogen-bond donors (Lipinski definition) is 3. The summed E-state index contributed by atoms with van der Waals surface area (Å²) in [5, 5.41) is 6.45. The lowest BCUT2D eigenvalue weighted by atomic mass is 10.1. The average Bonchev–Trinajstić information content (AvgIpc) is 2.81. The summed E-state index contributed by atoms with van der Waals surface area (Å²) in [4.78, 5) is 8.52. The number of anilines is 4. The molecule has 3 aromatic rings. The molecule has 9 nitrogen and oxygen atoms in total. The van der Waals surface area contributed by atoms with Crippen molar-refractivity contribution in [2.45, 2.75) is 6.42 Å². The molecule has 2 aromatic carbocycles. The van der Waals surface area contributed by atoms with E-state index in [0.717, 1.165) is 12.0 Å². The zero-order chi connectivity index (χ0) is 22.2. The number of nitrogens with zero attached hydrogens (tertiary/aromatic N) is 2. The predicted molar refractivity (Wildman–Crippen MR) is 121 cm³/mol. The van der Waals surface area contributed by atoms with E-state index in [0.29, 0.717) is 52.6 Å². The van der Waals surface area contributed by atoms with Gasteiger partial charge in [0, 0.05) is 12.6 Å². The van der Waals surface area contributed by atoms with Crippen molar-refractivity contribution in [1.29, 1.82) is 0 Å². The first kappa shape index (κ1) is 21.8. The normalized spacial score (nSPS) is 10.3. The maximum atomic E-state index is 6.29. The molecule has 0 aliphatic rings. The van der Waals surface area contributed by atoms with Crippen LogP contribution in [-0.2, 0) is 6.42 Å². The Morgan fingerprint density at radius 1 is 0.806 bits per heavy atom. The van der Waals surface area contributed by atoms with E-state index in [2.05, 4.69) is 20.6 Å². The Balaban J connectivity index is 1.69. The van der Waals surface area contributed by atoms with Gasteiger partial charge < -0.3 is 35.3 Å². The Kier molecular flexibility index (Phi) is 7.21. The van der Waals surface area contributed by atoms with Crippen LogP contribution in [0.4, 0.5) is 23.0 Å². The minimum absolute atomic E-state index is 0.410. The summed E-state index contributed by atoms with van der Waals surface area (Å²) in [5.74, 6) is 3.72. The molecule has 0 bridgehead atoms. The van der Waals surface area contributed by atoms with Crippen molar-refractivity contribution in [3.05, 3.63) is 48.3 Å². The molecule has 0 saturated carbocycles. The number of methoxy groups -OCH3 is 4. The molecule has 3 rings (SSSR count). The van der Waals surface area contributed by atoms with Crippen molar-refractivity contribution in [3.8, 4) is 23.0 Å². The molecule has 0 amide bonds. The van der Waals surface area contributed by atoms with Gasteiger partial charge in [-0.15, -0.1) is 0 Å². The largest absolute Gasteiger partial charge is 0.497 e. The summed E-state index contributed by atoms with van der Waals surface area (Å²) in [6.07, 6.45) is 2.20. The van der Waals surface area contributed by atoms with Gasteiger partial charge in [-0.05, 0) is 36.2 Å². The van der Waals surface area contributed by atoms with Crippen LogP contribution in [0.15, 0.2) is 42.7 Å². The fourth-order valence-electron chi connectivity index (χ4n) is 3.03. The van der Waals surface area contributed by atoms with E-state index in [1.165, 1.54) is 6.33 Å². The fraction of sp³-hybridized carbons (Fsp3) is 0.273. The number of rotatable bonds is 10. The van der Waals surface area contributed by atoms with Crippen LogP contribution in [0.2, 0.25) is 0 Å². The molecule has 0 radical (unpaired) electrons. The van der Waals surface area contributed by atoms with Crippen molar-refractivity contribution < 1.29 is 18.9 Å². The first-order valence-corrected chi connectivity index (χ1v) is 9.63. The van der Waals surface area contributed by atoms with Gasteiger partial charge in [0.1, 0.15) is 23.5 Å². The quantitative estimate of drug-likeness (QED) is 0.449. The predicted octanol–water partition coefficient (Wildman–Crippen LogP) is 3.49. The third kappa shape index (κ3) is 5.19. The molecule has 0 saturated heterocycles. The molecule has 0 aliphatic heterocycles. The number of benzene rings is 2. The highest BCUT2D eigenvalue weighted by Gasteiger charge is 2.12. The molecule has 1 aromatic heterocycles. The van der Waals surface area contributed by atoms with Crippen molar-refractivity contribution in [2.24, 2.45) is 0 Å². The second-order valence-corrected chi connectivity index (χ2v) is 6.54. The summed E-state index contributed by atoms with van der Waals surface area (Å²) in [6, 6.07) is 11.3. The Labute approximate surface area is 181 Å². The van der Waals surface area contributed by atoms with Crippen molar-refractivity contribution >= 4 is 23.0 Å². The molecular formula is C22H27N5O4. The van der Waals surface area contributed by atoms with Gasteiger partial charge in [-0.25, -0.2) is 9.97 Å². The van der Waals surface area contributed by atoms with Crippen LogP contribution >= 0.6 is 0 Å². The van der Waals surface area contributed by atoms with E-state index in [9.17, 15) is 0 Å². The van der Waals surface area contributed by atoms with Crippen LogP contribution < -0.4 is 35.3 Å². The average molecular weight is 425 g/mol. The van der Waals surface area contributed by atoms with Crippen LogP contribution in [0.5, 0.6) is 23.0 Å². The third-order valence-corrected chi connectivity index (χ3v) is 4.70. The zero-order valence-electron chi connectivity index (χ0n) is 18.1. The van der Waals surface area contributed by atoms with Gasteiger partial charge in [0.25, 0.3) is 0 Å². The van der Waals surface area contributed by atoms with Crippen LogP contribution in [0.25, 0.3) is 0 Å². The topological polar surface area (TPSA) is 113 Å². The zero-order valence-corrected chi connectivity index (χ0v) is 18.1. The summed E-state index contributed by atoms with van der Waals surface area (Å²) in [7, 11) is 6.42. The third-order valence-electron chi connectivity index (χ3n) is 4.70. The molecule has 0 aliphatic carbocycles. The molecule has 164 valence electrons. The lowest BCUT2D eigenvalue weighted by Gasteiger charge is -2.15. The highest BCUT2D eigenvalue weighted by molar-refractivity contribution is 5.79. The molecule has 9 heteroatoms. The smallest absolute Gasteiger partial charge is 0.160 e. The minimum atomic E-state index is 0.410. The van der Waals surface area contributed by atoms with E-state index in [-0.39, 0.29) is 0 Å². The van der Waals surface area contributed by atoms with Gasteiger partial charge in [0.15, 0.2) is 23.1 Å². The van der Waals surface area contributed by atoms with Gasteiger partial charge in [0.05, 0.1) is 34.1 Å². The molecule has 4 N–H and O–H groups in total. The number of hydrogen-bond acceptors (Lipinski definition) is 9. The standard InChI is InChI=1S/C22H27N5O4/c1-28-15-6-7-16(18(12-15)30-3)27-22-20(23)21(25-13-26-22)24-10-9-14-5-8-17(29-2)19(11-14)31-4/h5-8,11-13H,9-10,23H2,1-4H3,(H2,24,25,26,27). The number of nitrogens with two attached hydrogens (primary N) is 1. The van der Waals surface area contributed by atoms with Crippen molar-refractivity contribution in [1.82, 2.24) is 9.97 Å². The Morgan fingerprint density at radius 3 is 2.26 bits per heavy atom. The van der Waals surface area contributed by atoms with Crippen LogP contribution in [0.1, 0.15) is 5.56 Å². The van der Waals surface area contributed by atoms with Crippen LogP contribution in [-0.4, -0.2) is 45.0 Å². The Morgan fingerprint density at radius 2 is 1.55 bits per heavy atom. The maximum absolute atomic E-state index is 6.29. The Hall–Kier alpha value is -3.88. The second-order valence-electron chi connectivity index (χ2n) is 6.54. The minimum Gasteiger partial charge on any atom is -0.497 e. The van der Waals surface area contributed by atoms with Gasteiger partial charge in [-0.3, -0.25) is 0 Å². The molecule has 0 spiro atoms. The lowest BCUT2D eigenvalue weighted by molar-refractivity contribution is 0.354. The monoisotopic (exact) mass is 425 g/mol. The molecule has 0 fully saturated rings. The van der Waals surface area contributed by atoms with Gasteiger partial charge in [-0.1, -0.05) is 6.07 Å². The highest BCUT2D eigenvalue weighted by Crippen LogP contribution is 2.33. The van der Waals surface area contributed by atoms with E-state index in [1.54, 1.807) is 34.5 Å². The number of nitrogens with one attached hydrogen (secondary N) is 2. The molecule has 0 atom stereocenters. The Bertz CT molecular complexity index is 1030. The summed E-state index contributed by atoms with van der Waals surface area (Å²) in [6.45, 7) is 0.627.